The Hall–Kier alpha value is -1.34. The van der Waals surface area contributed by atoms with E-state index in [9.17, 15) is 0 Å². The highest BCUT2D eigenvalue weighted by Gasteiger charge is 2.04. The van der Waals surface area contributed by atoms with Crippen molar-refractivity contribution >= 4 is 11.6 Å². The fraction of sp³-hybridized carbons (Fsp3) is 0.0833. The molecule has 0 saturated heterocycles. The van der Waals surface area contributed by atoms with Gasteiger partial charge in [-0.3, -0.25) is 0 Å². The maximum absolute atomic E-state index is 6.02. The Morgan fingerprint density at radius 1 is 1.00 bits per heavy atom. The number of rotatable bonds is 1. The van der Waals surface area contributed by atoms with Gasteiger partial charge in [-0.25, -0.2) is 4.98 Å². The van der Waals surface area contributed by atoms with Gasteiger partial charge in [0.25, 0.3) is 0 Å². The fourth-order valence-corrected chi connectivity index (χ4v) is 1.68. The van der Waals surface area contributed by atoms with Crippen LogP contribution in [0, 0.1) is 6.92 Å². The lowest BCUT2D eigenvalue weighted by atomic mass is 10.0. The van der Waals surface area contributed by atoms with E-state index in [-0.39, 0.29) is 0 Å². The summed E-state index contributed by atoms with van der Waals surface area (Å²) in [6.07, 6.45) is 1.70. The Bertz CT molecular complexity index is 408. The van der Waals surface area contributed by atoms with E-state index in [2.05, 4.69) is 24.0 Å². The zero-order valence-corrected chi connectivity index (χ0v) is 8.62. The van der Waals surface area contributed by atoms with Crippen LogP contribution < -0.4 is 0 Å². The Kier molecular flexibility index (Phi) is 2.51. The van der Waals surface area contributed by atoms with Gasteiger partial charge in [0.15, 0.2) is 0 Å². The second-order valence-corrected chi connectivity index (χ2v) is 3.51. The molecule has 1 nitrogen and oxygen atoms in total. The van der Waals surface area contributed by atoms with E-state index < -0.39 is 0 Å². The van der Waals surface area contributed by atoms with Gasteiger partial charge in [-0.15, -0.1) is 0 Å². The number of hydrogen-bond acceptors (Lipinski definition) is 1. The Balaban J connectivity index is 2.61. The van der Waals surface area contributed by atoms with Gasteiger partial charge in [0, 0.05) is 11.8 Å². The number of benzene rings is 1. The number of nitrogens with zero attached hydrogens (tertiary/aromatic N) is 1. The first-order valence-electron chi connectivity index (χ1n) is 4.45. The maximum Gasteiger partial charge on any atom is 0.136 e. The van der Waals surface area contributed by atoms with E-state index in [1.54, 1.807) is 6.20 Å². The predicted molar refractivity (Wildman–Crippen MR) is 59.4 cm³/mol. The van der Waals surface area contributed by atoms with Crippen molar-refractivity contribution in [3.8, 4) is 11.1 Å². The quantitative estimate of drug-likeness (QED) is 0.644. The molecular formula is C12H10ClN. The van der Waals surface area contributed by atoms with Crippen LogP contribution in [0.1, 0.15) is 5.56 Å². The van der Waals surface area contributed by atoms with Crippen LogP contribution in [0.25, 0.3) is 11.1 Å². The molecule has 2 rings (SSSR count). The van der Waals surface area contributed by atoms with E-state index >= 15 is 0 Å². The summed E-state index contributed by atoms with van der Waals surface area (Å²) in [5.74, 6) is 0. The van der Waals surface area contributed by atoms with E-state index in [0.29, 0.717) is 5.15 Å². The third kappa shape index (κ3) is 1.64. The topological polar surface area (TPSA) is 12.9 Å². The molecule has 1 aromatic carbocycles. The summed E-state index contributed by atoms with van der Waals surface area (Å²) in [5, 5.41) is 0.557. The highest BCUT2D eigenvalue weighted by molar-refractivity contribution is 6.32. The second-order valence-electron chi connectivity index (χ2n) is 3.16. The summed E-state index contributed by atoms with van der Waals surface area (Å²) < 4.78 is 0. The number of aromatic nitrogens is 1. The van der Waals surface area contributed by atoms with Crippen molar-refractivity contribution in [3.63, 3.8) is 0 Å². The minimum atomic E-state index is 0.557. The van der Waals surface area contributed by atoms with Gasteiger partial charge >= 0.3 is 0 Å². The van der Waals surface area contributed by atoms with Crippen molar-refractivity contribution < 1.29 is 0 Å². The molecule has 0 amide bonds. The average Bonchev–Trinajstić information content (AvgIpc) is 2.20. The van der Waals surface area contributed by atoms with Crippen LogP contribution in [0.5, 0.6) is 0 Å². The number of aryl methyl sites for hydroxylation is 1. The van der Waals surface area contributed by atoms with Crippen molar-refractivity contribution in [2.45, 2.75) is 6.92 Å². The summed E-state index contributed by atoms with van der Waals surface area (Å²) >= 11 is 6.02. The van der Waals surface area contributed by atoms with Gasteiger partial charge in [-0.2, -0.15) is 0 Å². The van der Waals surface area contributed by atoms with Gasteiger partial charge in [0.1, 0.15) is 5.15 Å². The number of pyridine rings is 1. The standard InChI is InChI=1S/C12H10ClN/c1-9-5-2-3-6-10(9)11-7-4-8-14-12(11)13/h2-8H,1H3. The normalized spacial score (nSPS) is 10.1. The largest absolute Gasteiger partial charge is 0.244 e. The first-order valence-corrected chi connectivity index (χ1v) is 4.83. The second kappa shape index (κ2) is 3.81. The third-order valence-electron chi connectivity index (χ3n) is 2.19. The molecule has 0 radical (unpaired) electrons. The third-order valence-corrected chi connectivity index (χ3v) is 2.50. The summed E-state index contributed by atoms with van der Waals surface area (Å²) in [4.78, 5) is 4.06. The predicted octanol–water partition coefficient (Wildman–Crippen LogP) is 3.71. The summed E-state index contributed by atoms with van der Waals surface area (Å²) in [6.45, 7) is 2.07. The van der Waals surface area contributed by atoms with Crippen LogP contribution in [0.3, 0.4) is 0 Å². The molecule has 0 unspecified atom stereocenters. The van der Waals surface area contributed by atoms with Gasteiger partial charge < -0.3 is 0 Å². The molecule has 0 aliphatic rings. The minimum absolute atomic E-state index is 0.557. The molecule has 70 valence electrons. The van der Waals surface area contributed by atoms with Crippen molar-refractivity contribution in [2.75, 3.05) is 0 Å². The Morgan fingerprint density at radius 2 is 1.71 bits per heavy atom. The van der Waals surface area contributed by atoms with Gasteiger partial charge in [-0.1, -0.05) is 35.9 Å². The van der Waals surface area contributed by atoms with Crippen LogP contribution in [0.15, 0.2) is 42.6 Å². The van der Waals surface area contributed by atoms with Crippen molar-refractivity contribution in [2.24, 2.45) is 0 Å². The summed E-state index contributed by atoms with van der Waals surface area (Å²) in [7, 11) is 0. The zero-order valence-electron chi connectivity index (χ0n) is 7.87. The van der Waals surface area contributed by atoms with Gasteiger partial charge in [0.2, 0.25) is 0 Å². The fourth-order valence-electron chi connectivity index (χ4n) is 1.46. The smallest absolute Gasteiger partial charge is 0.136 e. The van der Waals surface area contributed by atoms with Crippen LogP contribution in [0.2, 0.25) is 5.15 Å². The molecule has 2 heteroatoms. The van der Waals surface area contributed by atoms with E-state index in [4.69, 9.17) is 11.6 Å². The Morgan fingerprint density at radius 3 is 2.43 bits per heavy atom. The molecule has 0 spiro atoms. The van der Waals surface area contributed by atoms with Crippen molar-refractivity contribution in [3.05, 3.63) is 53.3 Å². The first-order chi connectivity index (χ1) is 6.79. The summed E-state index contributed by atoms with van der Waals surface area (Å²) in [6, 6.07) is 12.0. The molecule has 14 heavy (non-hydrogen) atoms. The molecule has 0 N–H and O–H groups in total. The average molecular weight is 204 g/mol. The van der Waals surface area contributed by atoms with E-state index in [0.717, 1.165) is 11.1 Å². The molecule has 2 aromatic rings. The molecule has 0 aliphatic carbocycles. The van der Waals surface area contributed by atoms with E-state index in [1.807, 2.05) is 24.3 Å². The van der Waals surface area contributed by atoms with Gasteiger partial charge in [0.05, 0.1) is 0 Å². The lowest BCUT2D eigenvalue weighted by Crippen LogP contribution is -1.85. The van der Waals surface area contributed by atoms with Crippen LogP contribution in [0.4, 0.5) is 0 Å². The van der Waals surface area contributed by atoms with Crippen LogP contribution >= 0.6 is 11.6 Å². The highest BCUT2D eigenvalue weighted by atomic mass is 35.5. The molecule has 0 fully saturated rings. The highest BCUT2D eigenvalue weighted by Crippen LogP contribution is 2.27. The Labute approximate surface area is 88.4 Å². The first kappa shape index (κ1) is 9.22. The SMILES string of the molecule is Cc1ccccc1-c1cccnc1Cl. The molecule has 1 heterocycles. The number of halogens is 1. The minimum Gasteiger partial charge on any atom is -0.244 e. The van der Waals surface area contributed by atoms with Gasteiger partial charge in [-0.05, 0) is 30.2 Å². The van der Waals surface area contributed by atoms with Crippen LogP contribution in [-0.4, -0.2) is 4.98 Å². The molecular weight excluding hydrogens is 194 g/mol. The summed E-state index contributed by atoms with van der Waals surface area (Å²) in [5.41, 5.74) is 3.35. The molecule has 1 aromatic heterocycles. The van der Waals surface area contributed by atoms with E-state index in [1.165, 1.54) is 5.56 Å². The number of hydrogen-bond donors (Lipinski definition) is 0. The lowest BCUT2D eigenvalue weighted by Gasteiger charge is -2.06. The van der Waals surface area contributed by atoms with Crippen molar-refractivity contribution in [1.29, 1.82) is 0 Å². The maximum atomic E-state index is 6.02. The molecule has 0 aliphatic heterocycles. The molecule has 0 bridgehead atoms. The monoisotopic (exact) mass is 203 g/mol. The molecule has 0 atom stereocenters. The van der Waals surface area contributed by atoms with Crippen molar-refractivity contribution in [1.82, 2.24) is 4.98 Å². The van der Waals surface area contributed by atoms with Crippen LogP contribution in [-0.2, 0) is 0 Å². The zero-order chi connectivity index (χ0) is 9.97. The lowest BCUT2D eigenvalue weighted by molar-refractivity contribution is 1.32. The molecule has 0 saturated carbocycles.